The second-order valence-corrected chi connectivity index (χ2v) is 4.51. The van der Waals surface area contributed by atoms with Gasteiger partial charge in [0.25, 0.3) is 0 Å². The highest BCUT2D eigenvalue weighted by molar-refractivity contribution is 6.33. The molecule has 0 aliphatic rings. The van der Waals surface area contributed by atoms with Crippen LogP contribution in [0.25, 0.3) is 0 Å². The van der Waals surface area contributed by atoms with Crippen molar-refractivity contribution in [1.82, 2.24) is 0 Å². The Morgan fingerprint density at radius 1 is 1.29 bits per heavy atom. The summed E-state index contributed by atoms with van der Waals surface area (Å²) in [5, 5.41) is 2.22. The van der Waals surface area contributed by atoms with Gasteiger partial charge in [-0.1, -0.05) is 6.92 Å². The zero-order chi connectivity index (χ0) is 12.8. The van der Waals surface area contributed by atoms with Gasteiger partial charge < -0.3 is 5.32 Å². The zero-order valence-corrected chi connectivity index (χ0v) is 10.8. The van der Waals surface area contributed by atoms with Gasteiger partial charge in [-0.3, -0.25) is 9.59 Å². The first-order valence-corrected chi connectivity index (χ1v) is 6.06. The van der Waals surface area contributed by atoms with Gasteiger partial charge in [0, 0.05) is 17.7 Å². The molecule has 4 heteroatoms. The van der Waals surface area contributed by atoms with Crippen molar-refractivity contribution in [3.63, 3.8) is 0 Å². The Balaban J connectivity index is 2.68. The van der Waals surface area contributed by atoms with Crippen LogP contribution in [0.5, 0.6) is 0 Å². The Labute approximate surface area is 106 Å². The molecule has 1 aromatic rings. The van der Waals surface area contributed by atoms with E-state index in [0.717, 1.165) is 6.42 Å². The summed E-state index contributed by atoms with van der Waals surface area (Å²) in [6, 6.07) is 6.76. The van der Waals surface area contributed by atoms with Crippen LogP contribution in [-0.2, 0) is 4.79 Å². The van der Waals surface area contributed by atoms with Crippen molar-refractivity contribution in [2.75, 3.05) is 5.32 Å². The third kappa shape index (κ3) is 4.19. The number of alkyl halides is 1. The summed E-state index contributed by atoms with van der Waals surface area (Å²) in [6.07, 6.45) is 1.31. The van der Waals surface area contributed by atoms with Gasteiger partial charge in [-0.05, 0) is 37.6 Å². The average molecular weight is 254 g/mol. The molecular weight excluding hydrogens is 238 g/mol. The van der Waals surface area contributed by atoms with E-state index in [-0.39, 0.29) is 11.7 Å². The molecule has 0 aliphatic heterocycles. The van der Waals surface area contributed by atoms with Gasteiger partial charge in [0.2, 0.25) is 5.91 Å². The minimum absolute atomic E-state index is 0.0164. The molecule has 1 aromatic carbocycles. The Hall–Kier alpha value is -1.35. The van der Waals surface area contributed by atoms with Crippen LogP contribution >= 0.6 is 11.6 Å². The molecule has 0 bridgehead atoms. The second kappa shape index (κ2) is 6.40. The number of carbonyl (C=O) groups excluding carboxylic acids is 2. The molecule has 0 spiro atoms. The molecule has 17 heavy (non-hydrogen) atoms. The summed E-state index contributed by atoms with van der Waals surface area (Å²) >= 11 is 5.71. The number of hydrogen-bond acceptors (Lipinski definition) is 2. The predicted molar refractivity (Wildman–Crippen MR) is 69.6 cm³/mol. The van der Waals surface area contributed by atoms with Gasteiger partial charge in [-0.25, -0.2) is 0 Å². The molecule has 0 saturated carbocycles. The minimum Gasteiger partial charge on any atom is -0.326 e. The van der Waals surface area contributed by atoms with Crippen LogP contribution < -0.4 is 5.32 Å². The fraction of sp³-hybridized carbons (Fsp3) is 0.385. The molecule has 0 heterocycles. The summed E-state index contributed by atoms with van der Waals surface area (Å²) < 4.78 is 0. The SMILES string of the molecule is CCCC(=O)Nc1ccc(C(=O)C(C)Cl)cc1. The lowest BCUT2D eigenvalue weighted by molar-refractivity contribution is -0.116. The van der Waals surface area contributed by atoms with Gasteiger partial charge in [-0.2, -0.15) is 0 Å². The molecule has 0 fully saturated rings. The van der Waals surface area contributed by atoms with E-state index in [0.29, 0.717) is 17.7 Å². The molecule has 1 atom stereocenters. The van der Waals surface area contributed by atoms with Crippen LogP contribution in [0.1, 0.15) is 37.0 Å². The fourth-order valence-corrected chi connectivity index (χ4v) is 1.52. The molecular formula is C13H16ClNO2. The Morgan fingerprint density at radius 2 is 1.88 bits per heavy atom. The van der Waals surface area contributed by atoms with Crippen LogP contribution in [-0.4, -0.2) is 17.1 Å². The molecule has 1 unspecified atom stereocenters. The quantitative estimate of drug-likeness (QED) is 0.647. The maximum absolute atomic E-state index is 11.6. The van der Waals surface area contributed by atoms with Crippen molar-refractivity contribution in [3.8, 4) is 0 Å². The number of amides is 1. The number of benzene rings is 1. The molecule has 1 rings (SSSR count). The third-order valence-electron chi connectivity index (χ3n) is 2.29. The number of anilines is 1. The number of nitrogens with one attached hydrogen (secondary N) is 1. The van der Waals surface area contributed by atoms with Gasteiger partial charge in [0.15, 0.2) is 5.78 Å². The second-order valence-electron chi connectivity index (χ2n) is 3.86. The van der Waals surface area contributed by atoms with Crippen molar-refractivity contribution < 1.29 is 9.59 Å². The standard InChI is InChI=1S/C13H16ClNO2/c1-3-4-12(16)15-11-7-5-10(6-8-11)13(17)9(2)14/h5-9H,3-4H2,1-2H3,(H,15,16). The Morgan fingerprint density at radius 3 is 2.35 bits per heavy atom. The highest BCUT2D eigenvalue weighted by atomic mass is 35.5. The number of rotatable bonds is 5. The third-order valence-corrected chi connectivity index (χ3v) is 2.49. The molecule has 0 radical (unpaired) electrons. The van der Waals surface area contributed by atoms with E-state index in [1.54, 1.807) is 31.2 Å². The maximum atomic E-state index is 11.6. The first-order chi connectivity index (χ1) is 8.04. The molecule has 1 N–H and O–H groups in total. The molecule has 0 aromatic heterocycles. The zero-order valence-electron chi connectivity index (χ0n) is 10.00. The summed E-state index contributed by atoms with van der Waals surface area (Å²) in [6.45, 7) is 3.59. The van der Waals surface area contributed by atoms with E-state index < -0.39 is 5.38 Å². The maximum Gasteiger partial charge on any atom is 0.224 e. The molecule has 0 aliphatic carbocycles. The van der Waals surface area contributed by atoms with Crippen LogP contribution in [0.4, 0.5) is 5.69 Å². The first-order valence-electron chi connectivity index (χ1n) is 5.62. The van der Waals surface area contributed by atoms with Crippen molar-refractivity contribution >= 4 is 29.0 Å². The van der Waals surface area contributed by atoms with E-state index in [1.165, 1.54) is 0 Å². The van der Waals surface area contributed by atoms with Crippen LogP contribution in [0.15, 0.2) is 24.3 Å². The summed E-state index contributed by atoms with van der Waals surface area (Å²) in [4.78, 5) is 22.9. The normalized spacial score (nSPS) is 11.9. The van der Waals surface area contributed by atoms with Crippen molar-refractivity contribution in [3.05, 3.63) is 29.8 Å². The highest BCUT2D eigenvalue weighted by Crippen LogP contribution is 2.13. The number of ketones is 1. The molecule has 3 nitrogen and oxygen atoms in total. The number of Topliss-reactive ketones (excluding diaryl/α,β-unsaturated/α-hetero) is 1. The minimum atomic E-state index is -0.532. The molecule has 1 amide bonds. The average Bonchev–Trinajstić information content (AvgIpc) is 2.29. The van der Waals surface area contributed by atoms with E-state index in [1.807, 2.05) is 6.92 Å². The number of carbonyl (C=O) groups is 2. The fourth-order valence-electron chi connectivity index (χ4n) is 1.40. The van der Waals surface area contributed by atoms with Gasteiger partial charge >= 0.3 is 0 Å². The van der Waals surface area contributed by atoms with E-state index in [2.05, 4.69) is 5.32 Å². The van der Waals surface area contributed by atoms with E-state index in [4.69, 9.17) is 11.6 Å². The smallest absolute Gasteiger partial charge is 0.224 e. The van der Waals surface area contributed by atoms with Gasteiger partial charge in [0.1, 0.15) is 0 Å². The van der Waals surface area contributed by atoms with Gasteiger partial charge in [-0.15, -0.1) is 11.6 Å². The lowest BCUT2D eigenvalue weighted by Gasteiger charge is -2.06. The summed E-state index contributed by atoms with van der Waals surface area (Å²) in [5.41, 5.74) is 1.25. The van der Waals surface area contributed by atoms with Crippen LogP contribution in [0.3, 0.4) is 0 Å². The topological polar surface area (TPSA) is 46.2 Å². The number of halogens is 1. The molecule has 0 saturated heterocycles. The van der Waals surface area contributed by atoms with E-state index in [9.17, 15) is 9.59 Å². The largest absolute Gasteiger partial charge is 0.326 e. The number of hydrogen-bond donors (Lipinski definition) is 1. The summed E-state index contributed by atoms with van der Waals surface area (Å²) in [5.74, 6) is -0.129. The predicted octanol–water partition coefficient (Wildman–Crippen LogP) is 3.24. The van der Waals surface area contributed by atoms with Crippen LogP contribution in [0, 0.1) is 0 Å². The van der Waals surface area contributed by atoms with Crippen LogP contribution in [0.2, 0.25) is 0 Å². The monoisotopic (exact) mass is 253 g/mol. The highest BCUT2D eigenvalue weighted by Gasteiger charge is 2.11. The van der Waals surface area contributed by atoms with E-state index >= 15 is 0 Å². The van der Waals surface area contributed by atoms with Crippen molar-refractivity contribution in [2.45, 2.75) is 32.1 Å². The first kappa shape index (κ1) is 13.7. The Kier molecular flexibility index (Phi) is 5.16. The molecule has 92 valence electrons. The summed E-state index contributed by atoms with van der Waals surface area (Å²) in [7, 11) is 0. The lowest BCUT2D eigenvalue weighted by Crippen LogP contribution is -2.12. The lowest BCUT2D eigenvalue weighted by atomic mass is 10.1. The van der Waals surface area contributed by atoms with Gasteiger partial charge in [0.05, 0.1) is 5.38 Å². The Bertz CT molecular complexity index is 398. The van der Waals surface area contributed by atoms with Crippen molar-refractivity contribution in [2.24, 2.45) is 0 Å². The van der Waals surface area contributed by atoms with Crippen molar-refractivity contribution in [1.29, 1.82) is 0 Å².